The van der Waals surface area contributed by atoms with Crippen molar-refractivity contribution in [1.82, 2.24) is 4.90 Å². The zero-order chi connectivity index (χ0) is 23.6. The van der Waals surface area contributed by atoms with E-state index in [1.165, 1.54) is 4.90 Å². The zero-order valence-electron chi connectivity index (χ0n) is 18.4. The molecule has 0 radical (unpaired) electrons. The average molecular weight is 469 g/mol. The minimum atomic E-state index is -0.785. The number of imide groups is 1. The summed E-state index contributed by atoms with van der Waals surface area (Å²) in [6.45, 7) is 1.95. The van der Waals surface area contributed by atoms with Gasteiger partial charge in [0.1, 0.15) is 6.04 Å². The van der Waals surface area contributed by atoms with Crippen molar-refractivity contribution in [2.75, 3.05) is 4.90 Å². The maximum Gasteiger partial charge on any atom is 0.240 e. The summed E-state index contributed by atoms with van der Waals surface area (Å²) in [7, 11) is 0. The molecule has 6 heteroatoms. The summed E-state index contributed by atoms with van der Waals surface area (Å²) in [5, 5.41) is 0.531. The van der Waals surface area contributed by atoms with Crippen molar-refractivity contribution in [2.45, 2.75) is 19.0 Å². The first-order valence-corrected chi connectivity index (χ1v) is 11.6. The Hall–Kier alpha value is -3.70. The molecule has 34 heavy (non-hydrogen) atoms. The Balaban J connectivity index is 1.49. The maximum atomic E-state index is 13.8. The molecule has 0 bridgehead atoms. The van der Waals surface area contributed by atoms with Crippen LogP contribution in [0.2, 0.25) is 5.02 Å². The number of carbonyl (C=O) groups is 3. The van der Waals surface area contributed by atoms with Crippen LogP contribution >= 0.6 is 11.6 Å². The quantitative estimate of drug-likeness (QED) is 0.399. The fourth-order valence-corrected chi connectivity index (χ4v) is 5.72. The standard InChI is InChI=1S/C28H21ClN2O3/c1-16-6-12-20(13-7-16)31-27(33)22-23(28(31)34)25(26(32)18-8-10-19(29)11-9-18)30-15-14-17-4-2-3-5-21(17)24(22)30/h2-15,22-25H,1H3/t22-,23+,24-,25-/m0/s1. The predicted molar refractivity (Wildman–Crippen MR) is 130 cm³/mol. The van der Waals surface area contributed by atoms with Crippen LogP contribution in [0.5, 0.6) is 0 Å². The number of halogens is 1. The van der Waals surface area contributed by atoms with E-state index in [4.69, 9.17) is 11.6 Å². The first kappa shape index (κ1) is 20.9. The van der Waals surface area contributed by atoms with Gasteiger partial charge in [-0.15, -0.1) is 0 Å². The molecule has 0 unspecified atom stereocenters. The lowest BCUT2D eigenvalue weighted by atomic mass is 9.83. The van der Waals surface area contributed by atoms with Gasteiger partial charge in [-0.05, 0) is 60.5 Å². The van der Waals surface area contributed by atoms with E-state index in [1.807, 2.05) is 60.5 Å². The molecule has 5 nitrogen and oxygen atoms in total. The number of rotatable bonds is 3. The number of amides is 2. The Morgan fingerprint density at radius 2 is 1.53 bits per heavy atom. The van der Waals surface area contributed by atoms with E-state index >= 15 is 0 Å². The summed E-state index contributed by atoms with van der Waals surface area (Å²) < 4.78 is 0. The normalized spacial score (nSPS) is 24.8. The average Bonchev–Trinajstić information content (AvgIpc) is 3.32. The first-order chi connectivity index (χ1) is 16.5. The van der Waals surface area contributed by atoms with Crippen molar-refractivity contribution < 1.29 is 14.4 Å². The van der Waals surface area contributed by atoms with Crippen LogP contribution in [0.4, 0.5) is 5.69 Å². The number of benzene rings is 3. The molecule has 2 fully saturated rings. The molecule has 2 saturated heterocycles. The van der Waals surface area contributed by atoms with Crippen molar-refractivity contribution >= 4 is 41.0 Å². The SMILES string of the molecule is Cc1ccc(N2C(=O)[C@@H]3[C@H](C2=O)[C@@H]2c4ccccc4C=CN2[C@@H]3C(=O)c2ccc(Cl)cc2)cc1. The number of carbonyl (C=O) groups excluding carboxylic acids is 3. The van der Waals surface area contributed by atoms with E-state index in [-0.39, 0.29) is 23.6 Å². The van der Waals surface area contributed by atoms with Crippen molar-refractivity contribution in [2.24, 2.45) is 11.8 Å². The molecule has 3 aromatic carbocycles. The van der Waals surface area contributed by atoms with Crippen molar-refractivity contribution in [3.05, 3.63) is 106 Å². The Kier molecular flexibility index (Phi) is 4.71. The maximum absolute atomic E-state index is 13.8. The van der Waals surface area contributed by atoms with Crippen LogP contribution in [0.3, 0.4) is 0 Å². The van der Waals surface area contributed by atoms with Crippen molar-refractivity contribution in [1.29, 1.82) is 0 Å². The fraction of sp³-hybridized carbons (Fsp3) is 0.179. The smallest absolute Gasteiger partial charge is 0.240 e. The van der Waals surface area contributed by atoms with E-state index < -0.39 is 17.9 Å². The second-order valence-corrected chi connectivity index (χ2v) is 9.49. The number of hydrogen-bond acceptors (Lipinski definition) is 4. The lowest BCUT2D eigenvalue weighted by Crippen LogP contribution is -2.44. The number of Topliss-reactive ketones (excluding diaryl/α,β-unsaturated/α-hetero) is 1. The molecule has 6 rings (SSSR count). The fourth-order valence-electron chi connectivity index (χ4n) is 5.59. The van der Waals surface area contributed by atoms with Gasteiger partial charge in [0.05, 0.1) is 23.6 Å². The molecule has 0 N–H and O–H groups in total. The highest BCUT2D eigenvalue weighted by molar-refractivity contribution is 6.30. The second-order valence-electron chi connectivity index (χ2n) is 9.05. The van der Waals surface area contributed by atoms with Crippen LogP contribution in [0.1, 0.15) is 33.1 Å². The molecular formula is C28H21ClN2O3. The highest BCUT2D eigenvalue weighted by Crippen LogP contribution is 2.53. The van der Waals surface area contributed by atoms with Gasteiger partial charge in [0, 0.05) is 16.8 Å². The van der Waals surface area contributed by atoms with Crippen LogP contribution in [0.15, 0.2) is 79.0 Å². The third kappa shape index (κ3) is 2.97. The molecule has 0 spiro atoms. The Morgan fingerprint density at radius 1 is 0.853 bits per heavy atom. The Bertz CT molecular complexity index is 1360. The van der Waals surface area contributed by atoms with Crippen molar-refractivity contribution in [3.8, 4) is 0 Å². The minimum Gasteiger partial charge on any atom is -0.358 e. The third-order valence-corrected chi connectivity index (χ3v) is 7.40. The largest absolute Gasteiger partial charge is 0.358 e. The monoisotopic (exact) mass is 468 g/mol. The van der Waals surface area contributed by atoms with Gasteiger partial charge < -0.3 is 4.90 Å². The van der Waals surface area contributed by atoms with E-state index in [9.17, 15) is 14.4 Å². The van der Waals surface area contributed by atoms with Gasteiger partial charge in [-0.2, -0.15) is 0 Å². The van der Waals surface area contributed by atoms with Crippen molar-refractivity contribution in [3.63, 3.8) is 0 Å². The third-order valence-electron chi connectivity index (χ3n) is 7.15. The van der Waals surface area contributed by atoms with Gasteiger partial charge >= 0.3 is 0 Å². The summed E-state index contributed by atoms with van der Waals surface area (Å²) in [4.78, 5) is 44.6. The number of aryl methyl sites for hydroxylation is 1. The Morgan fingerprint density at radius 3 is 2.26 bits per heavy atom. The van der Waals surface area contributed by atoms with Crippen LogP contribution in [-0.2, 0) is 9.59 Å². The topological polar surface area (TPSA) is 57.7 Å². The molecule has 3 aliphatic rings. The van der Waals surface area contributed by atoms with Gasteiger partial charge in [-0.3, -0.25) is 14.4 Å². The van der Waals surface area contributed by atoms with E-state index in [0.29, 0.717) is 16.3 Å². The summed E-state index contributed by atoms with van der Waals surface area (Å²) in [6, 6.07) is 20.7. The van der Waals surface area contributed by atoms with Crippen LogP contribution in [0, 0.1) is 18.8 Å². The van der Waals surface area contributed by atoms with Gasteiger partial charge in [0.25, 0.3) is 0 Å². The number of hydrogen-bond donors (Lipinski definition) is 0. The molecule has 0 saturated carbocycles. The molecular weight excluding hydrogens is 448 g/mol. The molecule has 3 aromatic rings. The lowest BCUT2D eigenvalue weighted by molar-refractivity contribution is -0.123. The summed E-state index contributed by atoms with van der Waals surface area (Å²) >= 11 is 6.03. The van der Waals surface area contributed by atoms with E-state index in [2.05, 4.69) is 0 Å². The molecule has 0 aliphatic carbocycles. The van der Waals surface area contributed by atoms with Gasteiger partial charge in [-0.25, -0.2) is 4.90 Å². The Labute approximate surface area is 202 Å². The van der Waals surface area contributed by atoms with Gasteiger partial charge in [0.2, 0.25) is 11.8 Å². The lowest BCUT2D eigenvalue weighted by Gasteiger charge is -2.35. The summed E-state index contributed by atoms with van der Waals surface area (Å²) in [5.41, 5.74) is 4.00. The zero-order valence-corrected chi connectivity index (χ0v) is 19.1. The number of nitrogens with zero attached hydrogens (tertiary/aromatic N) is 2. The molecule has 0 aromatic heterocycles. The van der Waals surface area contributed by atoms with Gasteiger partial charge in [0.15, 0.2) is 5.78 Å². The molecule has 168 valence electrons. The van der Waals surface area contributed by atoms with Crippen LogP contribution in [0.25, 0.3) is 6.08 Å². The van der Waals surface area contributed by atoms with E-state index in [0.717, 1.165) is 16.7 Å². The molecule has 2 amide bonds. The highest BCUT2D eigenvalue weighted by Gasteiger charge is 2.64. The molecule has 3 heterocycles. The number of ketones is 1. The van der Waals surface area contributed by atoms with Crippen LogP contribution < -0.4 is 4.90 Å². The molecule has 3 aliphatic heterocycles. The van der Waals surface area contributed by atoms with Gasteiger partial charge in [-0.1, -0.05) is 53.6 Å². The minimum absolute atomic E-state index is 0.190. The van der Waals surface area contributed by atoms with E-state index in [1.54, 1.807) is 36.4 Å². The highest BCUT2D eigenvalue weighted by atomic mass is 35.5. The predicted octanol–water partition coefficient (Wildman–Crippen LogP) is 5.05. The summed E-state index contributed by atoms with van der Waals surface area (Å²) in [6.07, 6.45) is 3.81. The van der Waals surface area contributed by atoms with Crippen LogP contribution in [-0.4, -0.2) is 28.5 Å². The first-order valence-electron chi connectivity index (χ1n) is 11.2. The number of fused-ring (bicyclic) bond motifs is 5. The summed E-state index contributed by atoms with van der Waals surface area (Å²) in [5.74, 6) is -2.21. The number of anilines is 1. The second kappa shape index (κ2) is 7.67. The molecule has 4 atom stereocenters.